The number of hydrogen-bond acceptors (Lipinski definition) is 3. The molecule has 1 aromatic carbocycles. The molecule has 0 N–H and O–H groups in total. The molecular weight excluding hydrogens is 319 g/mol. The maximum Gasteiger partial charge on any atom is 0.266 e. The molecule has 25 heavy (non-hydrogen) atoms. The zero-order chi connectivity index (χ0) is 18.2. The van der Waals surface area contributed by atoms with Crippen LogP contribution in [0.25, 0.3) is 0 Å². The summed E-state index contributed by atoms with van der Waals surface area (Å²) in [7, 11) is 2.17. The summed E-state index contributed by atoms with van der Waals surface area (Å²) < 4.78 is 19.0. The van der Waals surface area contributed by atoms with Gasteiger partial charge in [-0.15, -0.1) is 0 Å². The first-order valence-corrected chi connectivity index (χ1v) is 9.21. The number of fused-ring (bicyclic) bond motifs is 1. The zero-order valence-electron chi connectivity index (χ0n) is 15.7. The topological polar surface area (TPSA) is 32.8 Å². The highest BCUT2D eigenvalue weighted by molar-refractivity contribution is 5.85. The van der Waals surface area contributed by atoms with Crippen molar-refractivity contribution >= 4 is 5.91 Å². The van der Waals surface area contributed by atoms with Gasteiger partial charge in [0.05, 0.1) is 0 Å². The molecule has 1 amide bonds. The van der Waals surface area contributed by atoms with Crippen molar-refractivity contribution in [3.05, 3.63) is 30.1 Å². The van der Waals surface area contributed by atoms with Crippen LogP contribution in [0.2, 0.25) is 0 Å². The van der Waals surface area contributed by atoms with E-state index in [1.54, 1.807) is 26.0 Å². The number of nitrogens with zero attached hydrogens (tertiary/aromatic N) is 2. The van der Waals surface area contributed by atoms with Crippen LogP contribution in [0.4, 0.5) is 4.39 Å². The molecule has 1 aromatic rings. The summed E-state index contributed by atoms with van der Waals surface area (Å²) in [5.41, 5.74) is -0.940. The van der Waals surface area contributed by atoms with E-state index in [0.29, 0.717) is 5.75 Å². The Morgan fingerprint density at radius 2 is 1.92 bits per heavy atom. The highest BCUT2D eigenvalue weighted by Gasteiger charge is 2.49. The van der Waals surface area contributed by atoms with Crippen LogP contribution in [-0.4, -0.2) is 53.0 Å². The third kappa shape index (κ3) is 3.39. The van der Waals surface area contributed by atoms with E-state index in [1.807, 2.05) is 4.90 Å². The SMILES string of the molecule is CN1CCC[C@@H]2N(C(=O)C(C)(C)Oc3ccc(F)cc3)CCC[C@@]21C. The van der Waals surface area contributed by atoms with E-state index in [4.69, 9.17) is 4.74 Å². The number of hydrogen-bond donors (Lipinski definition) is 0. The molecule has 2 aliphatic heterocycles. The minimum absolute atomic E-state index is 0.0167. The van der Waals surface area contributed by atoms with Crippen LogP contribution < -0.4 is 4.74 Å². The maximum absolute atomic E-state index is 13.3. The maximum atomic E-state index is 13.3. The van der Waals surface area contributed by atoms with Gasteiger partial charge in [0, 0.05) is 18.1 Å². The Hall–Kier alpha value is -1.62. The zero-order valence-corrected chi connectivity index (χ0v) is 15.7. The van der Waals surface area contributed by atoms with Gasteiger partial charge in [-0.3, -0.25) is 9.69 Å². The molecule has 2 aliphatic rings. The van der Waals surface area contributed by atoms with E-state index in [9.17, 15) is 9.18 Å². The van der Waals surface area contributed by atoms with Crippen molar-refractivity contribution < 1.29 is 13.9 Å². The number of halogens is 1. The van der Waals surface area contributed by atoms with Crippen molar-refractivity contribution in [1.29, 1.82) is 0 Å². The third-order valence-electron chi connectivity index (χ3n) is 5.98. The van der Waals surface area contributed by atoms with Crippen molar-refractivity contribution in [1.82, 2.24) is 9.80 Å². The molecule has 0 saturated carbocycles. The van der Waals surface area contributed by atoms with Gasteiger partial charge in [0.1, 0.15) is 11.6 Å². The lowest BCUT2D eigenvalue weighted by Crippen LogP contribution is -2.68. The first-order chi connectivity index (χ1) is 11.7. The highest BCUT2D eigenvalue weighted by atomic mass is 19.1. The quantitative estimate of drug-likeness (QED) is 0.839. The van der Waals surface area contributed by atoms with Crippen molar-refractivity contribution in [2.75, 3.05) is 20.1 Å². The number of carbonyl (C=O) groups excluding carboxylic acids is 1. The van der Waals surface area contributed by atoms with E-state index in [1.165, 1.54) is 12.1 Å². The first-order valence-electron chi connectivity index (χ1n) is 9.21. The number of amides is 1. The molecule has 138 valence electrons. The highest BCUT2D eigenvalue weighted by Crippen LogP contribution is 2.39. The molecule has 0 unspecified atom stereocenters. The van der Waals surface area contributed by atoms with E-state index in [0.717, 1.165) is 38.8 Å². The smallest absolute Gasteiger partial charge is 0.266 e. The minimum atomic E-state index is -0.980. The lowest BCUT2D eigenvalue weighted by molar-refractivity contribution is -0.157. The summed E-state index contributed by atoms with van der Waals surface area (Å²) in [5.74, 6) is 0.219. The third-order valence-corrected chi connectivity index (χ3v) is 5.98. The molecule has 2 atom stereocenters. The Kier molecular flexibility index (Phi) is 4.80. The molecule has 0 radical (unpaired) electrons. The van der Waals surface area contributed by atoms with Gasteiger partial charge < -0.3 is 9.64 Å². The van der Waals surface area contributed by atoms with Gasteiger partial charge >= 0.3 is 0 Å². The molecule has 0 aromatic heterocycles. The van der Waals surface area contributed by atoms with Crippen LogP contribution >= 0.6 is 0 Å². The van der Waals surface area contributed by atoms with Crippen LogP contribution in [0.3, 0.4) is 0 Å². The lowest BCUT2D eigenvalue weighted by Gasteiger charge is -2.56. The standard InChI is InChI=1S/C20H29FN2O2/c1-19(2,25-16-10-8-15(21)9-11-16)18(24)23-14-6-12-20(3)17(23)7-5-13-22(20)4/h8-11,17H,5-7,12-14H2,1-4H3/t17-,20-/m0/s1. The lowest BCUT2D eigenvalue weighted by atomic mass is 9.76. The van der Waals surface area contributed by atoms with E-state index in [2.05, 4.69) is 18.9 Å². The number of rotatable bonds is 3. The van der Waals surface area contributed by atoms with Crippen LogP contribution in [0.1, 0.15) is 46.5 Å². The van der Waals surface area contributed by atoms with Gasteiger partial charge in [0.2, 0.25) is 0 Å². The van der Waals surface area contributed by atoms with Gasteiger partial charge in [-0.1, -0.05) is 0 Å². The molecule has 0 aliphatic carbocycles. The van der Waals surface area contributed by atoms with Crippen LogP contribution in [-0.2, 0) is 4.79 Å². The Morgan fingerprint density at radius 3 is 2.60 bits per heavy atom. The Morgan fingerprint density at radius 1 is 1.24 bits per heavy atom. The second-order valence-corrected chi connectivity index (χ2v) is 8.11. The number of piperidine rings is 2. The molecule has 0 spiro atoms. The monoisotopic (exact) mass is 348 g/mol. The normalized spacial score (nSPS) is 27.7. The largest absolute Gasteiger partial charge is 0.478 e. The summed E-state index contributed by atoms with van der Waals surface area (Å²) in [6, 6.07) is 6.06. The molecule has 5 heteroatoms. The fourth-order valence-corrected chi connectivity index (χ4v) is 4.38. The fourth-order valence-electron chi connectivity index (χ4n) is 4.38. The van der Waals surface area contributed by atoms with Crippen molar-refractivity contribution in [3.8, 4) is 5.75 Å². The predicted molar refractivity (Wildman–Crippen MR) is 96.1 cm³/mol. The average Bonchev–Trinajstić information content (AvgIpc) is 2.57. The fraction of sp³-hybridized carbons (Fsp3) is 0.650. The summed E-state index contributed by atoms with van der Waals surface area (Å²) in [5, 5.41) is 0. The molecule has 0 bridgehead atoms. The van der Waals surface area contributed by atoms with E-state index in [-0.39, 0.29) is 23.3 Å². The molecule has 4 nitrogen and oxygen atoms in total. The molecule has 2 heterocycles. The summed E-state index contributed by atoms with van der Waals surface area (Å²) in [6.07, 6.45) is 4.28. The number of likely N-dealkylation sites (N-methyl/N-ethyl adjacent to an activating group) is 1. The number of carbonyl (C=O) groups is 1. The van der Waals surface area contributed by atoms with Crippen molar-refractivity contribution in [3.63, 3.8) is 0 Å². The van der Waals surface area contributed by atoms with Gasteiger partial charge in [0.15, 0.2) is 5.60 Å². The van der Waals surface area contributed by atoms with Gasteiger partial charge in [0.25, 0.3) is 5.91 Å². The Labute approximate surface area is 149 Å². The van der Waals surface area contributed by atoms with Gasteiger partial charge in [-0.25, -0.2) is 4.39 Å². The van der Waals surface area contributed by atoms with Crippen LogP contribution in [0.15, 0.2) is 24.3 Å². The second kappa shape index (κ2) is 6.60. The molecule has 3 rings (SSSR count). The van der Waals surface area contributed by atoms with Crippen molar-refractivity contribution in [2.45, 2.75) is 63.6 Å². The van der Waals surface area contributed by atoms with E-state index < -0.39 is 5.60 Å². The number of benzene rings is 1. The van der Waals surface area contributed by atoms with Gasteiger partial charge in [-0.05, 0) is 84.3 Å². The second-order valence-electron chi connectivity index (χ2n) is 8.11. The van der Waals surface area contributed by atoms with E-state index >= 15 is 0 Å². The molecular formula is C20H29FN2O2. The molecule has 2 fully saturated rings. The summed E-state index contributed by atoms with van der Waals surface area (Å²) in [6.45, 7) is 7.76. The van der Waals surface area contributed by atoms with Crippen LogP contribution in [0, 0.1) is 5.82 Å². The van der Waals surface area contributed by atoms with Crippen molar-refractivity contribution in [2.24, 2.45) is 0 Å². The Balaban J connectivity index is 1.79. The average molecular weight is 348 g/mol. The number of ether oxygens (including phenoxy) is 1. The molecule has 2 saturated heterocycles. The number of likely N-dealkylation sites (tertiary alicyclic amines) is 2. The Bertz CT molecular complexity index is 631. The van der Waals surface area contributed by atoms with Crippen LogP contribution in [0.5, 0.6) is 5.75 Å². The predicted octanol–water partition coefficient (Wildman–Crippen LogP) is 3.46. The summed E-state index contributed by atoms with van der Waals surface area (Å²) in [4.78, 5) is 17.7. The summed E-state index contributed by atoms with van der Waals surface area (Å²) >= 11 is 0. The minimum Gasteiger partial charge on any atom is -0.478 e. The first kappa shape index (κ1) is 18.2. The van der Waals surface area contributed by atoms with Gasteiger partial charge in [-0.2, -0.15) is 0 Å².